The molecule has 1 atom stereocenters. The number of aliphatic hydroxyl groups excluding tert-OH is 1. The molecule has 142 valence electrons. The molecule has 1 unspecified atom stereocenters. The topological polar surface area (TPSA) is 103 Å². The summed E-state index contributed by atoms with van der Waals surface area (Å²) in [7, 11) is -1.59. The van der Waals surface area contributed by atoms with Crippen LogP contribution in [0.15, 0.2) is 53.7 Å². The average Bonchev–Trinajstić information content (AvgIpc) is 2.71. The molecule has 0 saturated heterocycles. The number of nitrogens with zero attached hydrogens (tertiary/aromatic N) is 5. The van der Waals surface area contributed by atoms with Crippen molar-refractivity contribution in [2.24, 2.45) is 0 Å². The van der Waals surface area contributed by atoms with Crippen molar-refractivity contribution in [3.63, 3.8) is 0 Å². The van der Waals surface area contributed by atoms with Crippen molar-refractivity contribution in [3.05, 3.63) is 60.0 Å². The van der Waals surface area contributed by atoms with E-state index >= 15 is 0 Å². The van der Waals surface area contributed by atoms with Crippen LogP contribution in [0.1, 0.15) is 5.56 Å². The van der Waals surface area contributed by atoms with E-state index in [1.807, 2.05) is 6.07 Å². The summed E-state index contributed by atoms with van der Waals surface area (Å²) in [6, 6.07) is 12.8. The molecule has 0 amide bonds. The third-order valence-electron chi connectivity index (χ3n) is 3.84. The predicted molar refractivity (Wildman–Crippen MR) is 103 cm³/mol. The Balaban J connectivity index is 2.27. The molecule has 0 radical (unpaired) electrons. The van der Waals surface area contributed by atoms with E-state index in [1.165, 1.54) is 24.5 Å². The van der Waals surface area contributed by atoms with Crippen LogP contribution in [0.3, 0.4) is 0 Å². The highest BCUT2D eigenvalue weighted by atomic mass is 32.2. The van der Waals surface area contributed by atoms with Crippen LogP contribution >= 0.6 is 0 Å². The van der Waals surface area contributed by atoms with Crippen molar-refractivity contribution in [1.82, 2.24) is 15.0 Å². The number of nitriles is 1. The lowest BCUT2D eigenvalue weighted by Gasteiger charge is -2.22. The van der Waals surface area contributed by atoms with Crippen molar-refractivity contribution >= 4 is 22.6 Å². The summed E-state index contributed by atoms with van der Waals surface area (Å²) in [6.07, 6.45) is 2.98. The zero-order valence-electron chi connectivity index (χ0n) is 14.9. The van der Waals surface area contributed by atoms with Gasteiger partial charge in [-0.2, -0.15) is 5.26 Å². The number of rotatable bonds is 6. The summed E-state index contributed by atoms with van der Waals surface area (Å²) in [5.41, 5.74) is 0.535. The number of aromatic nitrogens is 3. The van der Waals surface area contributed by atoms with Gasteiger partial charge in [0.25, 0.3) is 0 Å². The predicted octanol–water partition coefficient (Wildman–Crippen LogP) is 2.42. The third-order valence-corrected chi connectivity index (χ3v) is 4.68. The number of anilines is 2. The third kappa shape index (κ3) is 4.03. The Morgan fingerprint density at radius 1 is 1.25 bits per heavy atom. The molecular weight excluding hydrogens is 381 g/mol. The number of hydrogen-bond acceptors (Lipinski definition) is 7. The van der Waals surface area contributed by atoms with Crippen molar-refractivity contribution in [2.45, 2.75) is 5.03 Å². The molecular formula is C19H16FN5O2S. The van der Waals surface area contributed by atoms with E-state index in [0.29, 0.717) is 11.4 Å². The molecule has 28 heavy (non-hydrogen) atoms. The van der Waals surface area contributed by atoms with Crippen LogP contribution in [0.25, 0.3) is 11.3 Å². The minimum Gasteiger partial charge on any atom is -0.395 e. The van der Waals surface area contributed by atoms with Gasteiger partial charge in [0.1, 0.15) is 23.3 Å². The molecule has 1 N–H and O–H groups in total. The molecule has 0 aliphatic heterocycles. The largest absolute Gasteiger partial charge is 0.395 e. The number of aliphatic hydroxyl groups is 1. The monoisotopic (exact) mass is 397 g/mol. The van der Waals surface area contributed by atoms with Crippen LogP contribution in [0.2, 0.25) is 0 Å². The Hall–Kier alpha value is -3.22. The van der Waals surface area contributed by atoms with E-state index in [-0.39, 0.29) is 35.4 Å². The molecule has 0 fully saturated rings. The van der Waals surface area contributed by atoms with Crippen LogP contribution in [0.4, 0.5) is 16.2 Å². The molecule has 3 rings (SSSR count). The van der Waals surface area contributed by atoms with E-state index in [0.717, 1.165) is 0 Å². The highest BCUT2D eigenvalue weighted by Crippen LogP contribution is 2.29. The molecule has 0 aliphatic rings. The van der Waals surface area contributed by atoms with Crippen molar-refractivity contribution < 1.29 is 13.7 Å². The van der Waals surface area contributed by atoms with Gasteiger partial charge >= 0.3 is 0 Å². The van der Waals surface area contributed by atoms with Gasteiger partial charge in [0, 0.05) is 18.0 Å². The molecule has 7 nitrogen and oxygen atoms in total. The van der Waals surface area contributed by atoms with E-state index in [9.17, 15) is 19.0 Å². The summed E-state index contributed by atoms with van der Waals surface area (Å²) in [5, 5.41) is 19.1. The van der Waals surface area contributed by atoms with Crippen LogP contribution in [0, 0.1) is 17.1 Å². The summed E-state index contributed by atoms with van der Waals surface area (Å²) >= 11 is 0. The lowest BCUT2D eigenvalue weighted by atomic mass is 10.1. The maximum Gasteiger partial charge on any atom is 0.232 e. The number of hydrogen-bond donors (Lipinski definition) is 1. The smallest absolute Gasteiger partial charge is 0.232 e. The zero-order chi connectivity index (χ0) is 20.1. The molecule has 1 aromatic carbocycles. The Kier molecular flexibility index (Phi) is 6.03. The first kappa shape index (κ1) is 19.5. The highest BCUT2D eigenvalue weighted by molar-refractivity contribution is 7.84. The molecule has 0 aliphatic carbocycles. The fourth-order valence-electron chi connectivity index (χ4n) is 2.63. The lowest BCUT2D eigenvalue weighted by molar-refractivity contribution is 0.305. The fourth-order valence-corrected chi connectivity index (χ4v) is 3.27. The second kappa shape index (κ2) is 8.65. The van der Waals surface area contributed by atoms with Crippen LogP contribution in [-0.4, -0.2) is 43.7 Å². The van der Waals surface area contributed by atoms with Crippen LogP contribution < -0.4 is 4.90 Å². The standard InChI is InChI=1S/C19H16FN5O2S/c1-28(27)18-15(12-21)17(13-5-4-6-14(20)11-13)23-19(24-18)25(9-10-26)16-7-2-3-8-22-16/h2-8,11,26H,9-10H2,1H3. The zero-order valence-corrected chi connectivity index (χ0v) is 15.7. The first-order chi connectivity index (χ1) is 13.5. The summed E-state index contributed by atoms with van der Waals surface area (Å²) < 4.78 is 26.0. The summed E-state index contributed by atoms with van der Waals surface area (Å²) in [4.78, 5) is 14.5. The molecule has 2 aromatic heterocycles. The van der Waals surface area contributed by atoms with Crippen molar-refractivity contribution in [1.29, 1.82) is 5.26 Å². The van der Waals surface area contributed by atoms with Gasteiger partial charge in [-0.3, -0.25) is 9.11 Å². The number of benzene rings is 1. The molecule has 0 saturated carbocycles. The summed E-state index contributed by atoms with van der Waals surface area (Å²) in [6.45, 7) is -0.0823. The average molecular weight is 397 g/mol. The molecule has 9 heteroatoms. The normalized spacial score (nSPS) is 11.6. The van der Waals surface area contributed by atoms with Gasteiger partial charge in [-0.05, 0) is 24.3 Å². The van der Waals surface area contributed by atoms with Crippen molar-refractivity contribution in [3.8, 4) is 17.3 Å². The Labute approximate surface area is 163 Å². The second-order valence-electron chi connectivity index (χ2n) is 5.69. The Bertz CT molecular complexity index is 1060. The van der Waals surface area contributed by atoms with E-state index in [2.05, 4.69) is 15.0 Å². The lowest BCUT2D eigenvalue weighted by Crippen LogP contribution is -2.25. The van der Waals surface area contributed by atoms with Crippen LogP contribution in [0.5, 0.6) is 0 Å². The van der Waals surface area contributed by atoms with Gasteiger partial charge in [0.15, 0.2) is 5.03 Å². The maximum atomic E-state index is 13.8. The first-order valence-corrected chi connectivity index (χ1v) is 9.82. The Morgan fingerprint density at radius 2 is 2.07 bits per heavy atom. The molecule has 3 aromatic rings. The van der Waals surface area contributed by atoms with Gasteiger partial charge < -0.3 is 5.11 Å². The minimum atomic E-state index is -1.59. The van der Waals surface area contributed by atoms with Gasteiger partial charge in [-0.25, -0.2) is 19.3 Å². The fraction of sp³-hybridized carbons (Fsp3) is 0.158. The van der Waals surface area contributed by atoms with E-state index < -0.39 is 16.6 Å². The van der Waals surface area contributed by atoms with Crippen molar-refractivity contribution in [2.75, 3.05) is 24.3 Å². The van der Waals surface area contributed by atoms with Gasteiger partial charge in [0.2, 0.25) is 5.95 Å². The first-order valence-electron chi connectivity index (χ1n) is 8.26. The van der Waals surface area contributed by atoms with E-state index in [4.69, 9.17) is 0 Å². The molecule has 2 heterocycles. The number of halogens is 1. The minimum absolute atomic E-state index is 0.0140. The quantitative estimate of drug-likeness (QED) is 0.637. The van der Waals surface area contributed by atoms with E-state index in [1.54, 1.807) is 35.4 Å². The second-order valence-corrected chi connectivity index (χ2v) is 6.99. The molecule has 0 bridgehead atoms. The number of pyridine rings is 1. The maximum absolute atomic E-state index is 13.8. The van der Waals surface area contributed by atoms with Gasteiger partial charge in [0.05, 0.1) is 29.6 Å². The van der Waals surface area contributed by atoms with Gasteiger partial charge in [-0.1, -0.05) is 18.2 Å². The highest BCUT2D eigenvalue weighted by Gasteiger charge is 2.22. The van der Waals surface area contributed by atoms with Crippen LogP contribution in [-0.2, 0) is 10.8 Å². The van der Waals surface area contributed by atoms with Gasteiger partial charge in [-0.15, -0.1) is 0 Å². The summed E-state index contributed by atoms with van der Waals surface area (Å²) in [5.74, 6) is 0.0909. The molecule has 0 spiro atoms. The Morgan fingerprint density at radius 3 is 2.68 bits per heavy atom. The SMILES string of the molecule is CS(=O)c1nc(N(CCO)c2ccccn2)nc(-c2cccc(F)c2)c1C#N.